The lowest BCUT2D eigenvalue weighted by Gasteiger charge is -2.11. The number of nitrogens with one attached hydrogen (secondary N) is 1. The van der Waals surface area contributed by atoms with Gasteiger partial charge in [0.15, 0.2) is 0 Å². The van der Waals surface area contributed by atoms with E-state index in [0.717, 1.165) is 25.4 Å². The van der Waals surface area contributed by atoms with Gasteiger partial charge in [0.1, 0.15) is 0 Å². The number of pyridine rings is 1. The quantitative estimate of drug-likeness (QED) is 0.688. The molecule has 1 aromatic rings. The van der Waals surface area contributed by atoms with E-state index in [4.69, 9.17) is 9.47 Å². The van der Waals surface area contributed by atoms with Gasteiger partial charge in [-0.25, -0.2) is 4.98 Å². The monoisotopic (exact) mass is 239 g/mol. The minimum absolute atomic E-state index is 0.614. The van der Waals surface area contributed by atoms with E-state index >= 15 is 0 Å². The molecule has 0 aliphatic heterocycles. The van der Waals surface area contributed by atoms with Gasteiger partial charge in [-0.05, 0) is 20.2 Å². The average Bonchev–Trinajstić information content (AvgIpc) is 2.33. The molecule has 0 amide bonds. The molecule has 1 heterocycles. The van der Waals surface area contributed by atoms with Crippen molar-refractivity contribution in [1.82, 2.24) is 9.88 Å². The minimum atomic E-state index is 0.614. The molecule has 0 atom stereocenters. The van der Waals surface area contributed by atoms with Crippen molar-refractivity contribution < 1.29 is 9.47 Å². The largest absolute Gasteiger partial charge is 0.481 e. The lowest BCUT2D eigenvalue weighted by atomic mass is 10.4. The van der Waals surface area contributed by atoms with Gasteiger partial charge in [-0.2, -0.15) is 0 Å². The van der Waals surface area contributed by atoms with Gasteiger partial charge < -0.3 is 19.7 Å². The molecule has 0 bridgehead atoms. The van der Waals surface area contributed by atoms with Gasteiger partial charge in [0.05, 0.1) is 20.3 Å². The predicted octanol–water partition coefficient (Wildman–Crippen LogP) is 1.08. The fraction of sp³-hybridized carbons (Fsp3) is 0.583. The second kappa shape index (κ2) is 7.86. The zero-order valence-electron chi connectivity index (χ0n) is 10.8. The summed E-state index contributed by atoms with van der Waals surface area (Å²) in [5.74, 6) is 0.614. The third-order valence-electron chi connectivity index (χ3n) is 2.20. The summed E-state index contributed by atoms with van der Waals surface area (Å²) in [4.78, 5) is 6.13. The highest BCUT2D eigenvalue weighted by molar-refractivity contribution is 5.44. The molecule has 17 heavy (non-hydrogen) atoms. The number of hydrogen-bond acceptors (Lipinski definition) is 5. The van der Waals surface area contributed by atoms with Crippen molar-refractivity contribution in [2.75, 3.05) is 52.8 Å². The van der Waals surface area contributed by atoms with Crippen LogP contribution in [-0.2, 0) is 4.74 Å². The first-order valence-electron chi connectivity index (χ1n) is 5.69. The molecule has 5 heteroatoms. The van der Waals surface area contributed by atoms with Crippen molar-refractivity contribution in [3.05, 3.63) is 18.3 Å². The zero-order chi connectivity index (χ0) is 12.5. The van der Waals surface area contributed by atoms with E-state index in [2.05, 4.69) is 15.2 Å². The third kappa shape index (κ3) is 6.09. The van der Waals surface area contributed by atoms with Crippen LogP contribution in [0.4, 0.5) is 5.69 Å². The highest BCUT2D eigenvalue weighted by Gasteiger charge is 1.96. The fourth-order valence-corrected chi connectivity index (χ4v) is 1.25. The summed E-state index contributed by atoms with van der Waals surface area (Å²) in [6.45, 7) is 3.18. The molecule has 0 saturated carbocycles. The van der Waals surface area contributed by atoms with E-state index < -0.39 is 0 Å². The van der Waals surface area contributed by atoms with Crippen molar-refractivity contribution in [3.8, 4) is 5.88 Å². The number of methoxy groups -OCH3 is 1. The first kappa shape index (κ1) is 13.7. The molecule has 0 aliphatic rings. The Labute approximate surface area is 103 Å². The Bertz CT molecular complexity index is 318. The number of rotatable bonds is 8. The molecule has 0 aromatic carbocycles. The van der Waals surface area contributed by atoms with Crippen molar-refractivity contribution in [1.29, 1.82) is 0 Å². The Morgan fingerprint density at radius 3 is 2.88 bits per heavy atom. The van der Waals surface area contributed by atoms with Gasteiger partial charge in [-0.1, -0.05) is 0 Å². The number of likely N-dealkylation sites (N-methyl/N-ethyl adjacent to an activating group) is 1. The summed E-state index contributed by atoms with van der Waals surface area (Å²) in [5, 5.41) is 3.25. The summed E-state index contributed by atoms with van der Waals surface area (Å²) in [7, 11) is 5.67. The van der Waals surface area contributed by atoms with Gasteiger partial charge in [-0.15, -0.1) is 0 Å². The van der Waals surface area contributed by atoms with Crippen LogP contribution in [0.2, 0.25) is 0 Å². The summed E-state index contributed by atoms with van der Waals surface area (Å²) >= 11 is 0. The minimum Gasteiger partial charge on any atom is -0.481 e. The number of anilines is 1. The lowest BCUT2D eigenvalue weighted by molar-refractivity contribution is 0.126. The molecule has 0 saturated heterocycles. The van der Waals surface area contributed by atoms with E-state index in [1.54, 1.807) is 13.3 Å². The molecule has 1 aromatic heterocycles. The standard InChI is InChI=1S/C12H21N3O2/c1-15(2)7-9-17-8-6-13-11-4-5-14-12(10-11)16-3/h4-5,10H,6-9H2,1-3H3,(H,13,14). The Balaban J connectivity index is 2.13. The van der Waals surface area contributed by atoms with Crippen LogP contribution < -0.4 is 10.1 Å². The molecule has 96 valence electrons. The normalized spacial score (nSPS) is 10.6. The maximum absolute atomic E-state index is 5.47. The first-order valence-corrected chi connectivity index (χ1v) is 5.69. The molecule has 0 spiro atoms. The van der Waals surface area contributed by atoms with Crippen LogP contribution in [0.25, 0.3) is 0 Å². The van der Waals surface area contributed by atoms with Crippen LogP contribution in [0.1, 0.15) is 0 Å². The van der Waals surface area contributed by atoms with Crippen LogP contribution in [-0.4, -0.2) is 57.4 Å². The van der Waals surface area contributed by atoms with Gasteiger partial charge in [0, 0.05) is 31.0 Å². The summed E-state index contributed by atoms with van der Waals surface area (Å²) < 4.78 is 10.5. The molecule has 1 N–H and O–H groups in total. The number of hydrogen-bond donors (Lipinski definition) is 1. The van der Waals surface area contributed by atoms with E-state index in [9.17, 15) is 0 Å². The second-order valence-electron chi connectivity index (χ2n) is 3.93. The predicted molar refractivity (Wildman–Crippen MR) is 68.7 cm³/mol. The molecule has 0 unspecified atom stereocenters. The summed E-state index contributed by atoms with van der Waals surface area (Å²) in [6, 6.07) is 3.77. The van der Waals surface area contributed by atoms with E-state index in [0.29, 0.717) is 12.5 Å². The molecular weight excluding hydrogens is 218 g/mol. The van der Waals surface area contributed by atoms with Crippen LogP contribution in [0.5, 0.6) is 5.88 Å². The Hall–Kier alpha value is -1.33. The SMILES string of the molecule is COc1cc(NCCOCCN(C)C)ccn1. The zero-order valence-corrected chi connectivity index (χ0v) is 10.8. The van der Waals surface area contributed by atoms with E-state index in [1.807, 2.05) is 26.2 Å². The highest BCUT2D eigenvalue weighted by atomic mass is 16.5. The lowest BCUT2D eigenvalue weighted by Crippen LogP contribution is -2.20. The molecule has 0 fully saturated rings. The molecule has 0 aliphatic carbocycles. The highest BCUT2D eigenvalue weighted by Crippen LogP contribution is 2.12. The Morgan fingerprint density at radius 1 is 1.35 bits per heavy atom. The fourth-order valence-electron chi connectivity index (χ4n) is 1.25. The second-order valence-corrected chi connectivity index (χ2v) is 3.93. The number of aromatic nitrogens is 1. The van der Waals surface area contributed by atoms with Crippen LogP contribution >= 0.6 is 0 Å². The average molecular weight is 239 g/mol. The number of nitrogens with zero attached hydrogens (tertiary/aromatic N) is 2. The number of ether oxygens (including phenoxy) is 2. The van der Waals surface area contributed by atoms with Crippen molar-refractivity contribution in [3.63, 3.8) is 0 Å². The Morgan fingerprint density at radius 2 is 2.18 bits per heavy atom. The first-order chi connectivity index (χ1) is 8.22. The van der Waals surface area contributed by atoms with Crippen LogP contribution in [0.3, 0.4) is 0 Å². The maximum atomic E-state index is 5.47. The van der Waals surface area contributed by atoms with E-state index in [-0.39, 0.29) is 0 Å². The molecule has 5 nitrogen and oxygen atoms in total. The van der Waals surface area contributed by atoms with Crippen molar-refractivity contribution in [2.45, 2.75) is 0 Å². The topological polar surface area (TPSA) is 46.6 Å². The molecule has 0 radical (unpaired) electrons. The maximum Gasteiger partial charge on any atom is 0.214 e. The molecular formula is C12H21N3O2. The van der Waals surface area contributed by atoms with Crippen molar-refractivity contribution >= 4 is 5.69 Å². The third-order valence-corrected chi connectivity index (χ3v) is 2.20. The van der Waals surface area contributed by atoms with Gasteiger partial charge in [0.2, 0.25) is 5.88 Å². The van der Waals surface area contributed by atoms with Crippen molar-refractivity contribution in [2.24, 2.45) is 0 Å². The Kier molecular flexibility index (Phi) is 6.35. The van der Waals surface area contributed by atoms with Gasteiger partial charge >= 0.3 is 0 Å². The van der Waals surface area contributed by atoms with Crippen LogP contribution in [0, 0.1) is 0 Å². The van der Waals surface area contributed by atoms with Gasteiger partial charge in [-0.3, -0.25) is 0 Å². The van der Waals surface area contributed by atoms with Gasteiger partial charge in [0.25, 0.3) is 0 Å². The smallest absolute Gasteiger partial charge is 0.214 e. The summed E-state index contributed by atoms with van der Waals surface area (Å²) in [5.41, 5.74) is 0.994. The van der Waals surface area contributed by atoms with Crippen LogP contribution in [0.15, 0.2) is 18.3 Å². The summed E-state index contributed by atoms with van der Waals surface area (Å²) in [6.07, 6.45) is 1.72. The molecule has 1 rings (SSSR count). The van der Waals surface area contributed by atoms with E-state index in [1.165, 1.54) is 0 Å².